The molecule has 144 valence electrons. The third-order valence-corrected chi connectivity index (χ3v) is 5.01. The highest BCUT2D eigenvalue weighted by molar-refractivity contribution is 7.99. The number of amides is 1. The molecule has 1 aliphatic rings. The van der Waals surface area contributed by atoms with Crippen LogP contribution >= 0.6 is 11.8 Å². The van der Waals surface area contributed by atoms with E-state index in [4.69, 9.17) is 9.15 Å². The maximum absolute atomic E-state index is 13.8. The SMILES string of the molecule is CCOC(=O)[C@H]1CCCCN1C(=O)CSc1nnc(-c2ccccc2F)o1. The number of halogens is 1. The molecule has 1 saturated heterocycles. The zero-order valence-electron chi connectivity index (χ0n) is 14.9. The second-order valence-corrected chi connectivity index (χ2v) is 6.92. The first kappa shape index (κ1) is 19.3. The van der Waals surface area contributed by atoms with Crippen LogP contribution in [0.25, 0.3) is 11.5 Å². The Morgan fingerprint density at radius 1 is 1.33 bits per heavy atom. The summed E-state index contributed by atoms with van der Waals surface area (Å²) in [6, 6.07) is 5.55. The summed E-state index contributed by atoms with van der Waals surface area (Å²) >= 11 is 1.06. The number of esters is 1. The van der Waals surface area contributed by atoms with E-state index in [9.17, 15) is 14.0 Å². The highest BCUT2D eigenvalue weighted by Crippen LogP contribution is 2.26. The Morgan fingerprint density at radius 3 is 2.93 bits per heavy atom. The van der Waals surface area contributed by atoms with Gasteiger partial charge in [-0.3, -0.25) is 4.79 Å². The van der Waals surface area contributed by atoms with E-state index in [1.54, 1.807) is 30.0 Å². The van der Waals surface area contributed by atoms with Gasteiger partial charge in [0.15, 0.2) is 0 Å². The van der Waals surface area contributed by atoms with Crippen molar-refractivity contribution in [3.63, 3.8) is 0 Å². The van der Waals surface area contributed by atoms with Gasteiger partial charge in [0.1, 0.15) is 11.9 Å². The van der Waals surface area contributed by atoms with Crippen molar-refractivity contribution in [1.82, 2.24) is 15.1 Å². The molecule has 0 aliphatic carbocycles. The number of benzene rings is 1. The number of carbonyl (C=O) groups is 2. The Morgan fingerprint density at radius 2 is 2.15 bits per heavy atom. The Kier molecular flexibility index (Phi) is 6.44. The van der Waals surface area contributed by atoms with E-state index in [2.05, 4.69) is 10.2 Å². The number of likely N-dealkylation sites (tertiary alicyclic amines) is 1. The quantitative estimate of drug-likeness (QED) is 0.551. The lowest BCUT2D eigenvalue weighted by atomic mass is 10.0. The minimum absolute atomic E-state index is 0.0504. The van der Waals surface area contributed by atoms with Crippen molar-refractivity contribution in [2.24, 2.45) is 0 Å². The molecule has 27 heavy (non-hydrogen) atoms. The molecule has 1 fully saturated rings. The smallest absolute Gasteiger partial charge is 0.328 e. The van der Waals surface area contributed by atoms with Crippen molar-refractivity contribution in [2.45, 2.75) is 37.5 Å². The third-order valence-electron chi connectivity index (χ3n) is 4.21. The molecule has 7 nitrogen and oxygen atoms in total. The average Bonchev–Trinajstić information content (AvgIpc) is 3.15. The first-order valence-corrected chi connectivity index (χ1v) is 9.76. The second-order valence-electron chi connectivity index (χ2n) is 5.99. The van der Waals surface area contributed by atoms with E-state index in [1.165, 1.54) is 6.07 Å². The van der Waals surface area contributed by atoms with Gasteiger partial charge in [0.05, 0.1) is 17.9 Å². The molecule has 2 aromatic rings. The highest BCUT2D eigenvalue weighted by atomic mass is 32.2. The number of hydrogen-bond donors (Lipinski definition) is 0. The van der Waals surface area contributed by atoms with Crippen LogP contribution in [-0.4, -0.2) is 51.9 Å². The maximum atomic E-state index is 13.8. The lowest BCUT2D eigenvalue weighted by Gasteiger charge is -2.33. The monoisotopic (exact) mass is 393 g/mol. The lowest BCUT2D eigenvalue weighted by Crippen LogP contribution is -2.49. The predicted molar refractivity (Wildman–Crippen MR) is 96.4 cm³/mol. The molecule has 0 N–H and O–H groups in total. The number of thioether (sulfide) groups is 1. The largest absolute Gasteiger partial charge is 0.464 e. The number of carbonyl (C=O) groups excluding carboxylic acids is 2. The molecule has 1 aromatic carbocycles. The topological polar surface area (TPSA) is 85.5 Å². The van der Waals surface area contributed by atoms with Crippen LogP contribution in [0.15, 0.2) is 33.9 Å². The highest BCUT2D eigenvalue weighted by Gasteiger charge is 2.33. The fourth-order valence-corrected chi connectivity index (χ4v) is 3.58. The fraction of sp³-hybridized carbons (Fsp3) is 0.444. The van der Waals surface area contributed by atoms with E-state index in [1.807, 2.05) is 0 Å². The van der Waals surface area contributed by atoms with Gasteiger partial charge in [0, 0.05) is 6.54 Å². The van der Waals surface area contributed by atoms with Gasteiger partial charge in [-0.1, -0.05) is 23.9 Å². The summed E-state index contributed by atoms with van der Waals surface area (Å²) in [5.41, 5.74) is 0.210. The Balaban J connectivity index is 1.62. The van der Waals surface area contributed by atoms with Crippen molar-refractivity contribution in [3.05, 3.63) is 30.1 Å². The summed E-state index contributed by atoms with van der Waals surface area (Å²) in [5.74, 6) is -0.905. The molecule has 1 aliphatic heterocycles. The molecule has 0 unspecified atom stereocenters. The predicted octanol–water partition coefficient (Wildman–Crippen LogP) is 2.91. The molecular formula is C18H20FN3O4S. The molecule has 3 rings (SSSR count). The fourth-order valence-electron chi connectivity index (χ4n) is 2.93. The van der Waals surface area contributed by atoms with Crippen LogP contribution in [-0.2, 0) is 14.3 Å². The molecule has 0 spiro atoms. The van der Waals surface area contributed by atoms with Crippen LogP contribution in [0, 0.1) is 5.82 Å². The van der Waals surface area contributed by atoms with E-state index in [-0.39, 0.29) is 40.9 Å². The van der Waals surface area contributed by atoms with Gasteiger partial charge in [0.25, 0.3) is 11.1 Å². The summed E-state index contributed by atoms with van der Waals surface area (Å²) < 4.78 is 24.3. The van der Waals surface area contributed by atoms with Gasteiger partial charge in [-0.05, 0) is 38.3 Å². The molecule has 0 saturated carbocycles. The van der Waals surface area contributed by atoms with Crippen LogP contribution in [0.1, 0.15) is 26.2 Å². The van der Waals surface area contributed by atoms with Crippen molar-refractivity contribution in [1.29, 1.82) is 0 Å². The molecule has 0 bridgehead atoms. The van der Waals surface area contributed by atoms with Crippen molar-refractivity contribution in [2.75, 3.05) is 18.9 Å². The van der Waals surface area contributed by atoms with E-state index in [0.717, 1.165) is 24.6 Å². The van der Waals surface area contributed by atoms with Crippen molar-refractivity contribution >= 4 is 23.6 Å². The first-order chi connectivity index (χ1) is 13.1. The Bertz CT molecular complexity index is 813. The van der Waals surface area contributed by atoms with Gasteiger partial charge in [-0.2, -0.15) is 0 Å². The number of aromatic nitrogens is 2. The summed E-state index contributed by atoms with van der Waals surface area (Å²) in [7, 11) is 0. The minimum Gasteiger partial charge on any atom is -0.464 e. The zero-order valence-corrected chi connectivity index (χ0v) is 15.7. The van der Waals surface area contributed by atoms with Crippen molar-refractivity contribution in [3.8, 4) is 11.5 Å². The van der Waals surface area contributed by atoms with E-state index in [0.29, 0.717) is 13.0 Å². The second kappa shape index (κ2) is 8.98. The van der Waals surface area contributed by atoms with E-state index >= 15 is 0 Å². The molecule has 0 radical (unpaired) electrons. The molecular weight excluding hydrogens is 373 g/mol. The lowest BCUT2D eigenvalue weighted by molar-refractivity contribution is -0.155. The van der Waals surface area contributed by atoms with Gasteiger partial charge in [0.2, 0.25) is 5.91 Å². The first-order valence-electron chi connectivity index (χ1n) is 8.77. The number of nitrogens with zero attached hydrogens (tertiary/aromatic N) is 3. The number of ether oxygens (including phenoxy) is 1. The van der Waals surface area contributed by atoms with Gasteiger partial charge >= 0.3 is 5.97 Å². The maximum Gasteiger partial charge on any atom is 0.328 e. The van der Waals surface area contributed by atoms with Crippen LogP contribution < -0.4 is 0 Å². The molecule has 9 heteroatoms. The van der Waals surface area contributed by atoms with Crippen LogP contribution in [0.2, 0.25) is 0 Å². The summed E-state index contributed by atoms with van der Waals surface area (Å²) in [6.45, 7) is 2.55. The van der Waals surface area contributed by atoms with Gasteiger partial charge in [-0.15, -0.1) is 10.2 Å². The summed E-state index contributed by atoms with van der Waals surface area (Å²) in [4.78, 5) is 26.2. The van der Waals surface area contributed by atoms with Crippen LogP contribution in [0.3, 0.4) is 0 Å². The molecule has 1 amide bonds. The normalized spacial score (nSPS) is 17.0. The van der Waals surface area contributed by atoms with E-state index < -0.39 is 11.9 Å². The molecule has 1 atom stereocenters. The Labute approximate surface area is 160 Å². The number of piperidine rings is 1. The minimum atomic E-state index is -0.538. The average molecular weight is 393 g/mol. The molecule has 1 aromatic heterocycles. The van der Waals surface area contributed by atoms with Gasteiger partial charge in [-0.25, -0.2) is 9.18 Å². The standard InChI is InChI=1S/C18H20FN3O4S/c1-2-25-17(24)14-9-5-6-10-22(14)15(23)11-27-18-21-20-16(26-18)12-7-3-4-8-13(12)19/h3-4,7-8,14H,2,5-6,9-11H2,1H3/t14-/m1/s1. The number of rotatable bonds is 6. The van der Waals surface area contributed by atoms with Gasteiger partial charge < -0.3 is 14.1 Å². The molecule has 2 heterocycles. The Hall–Kier alpha value is -2.42. The van der Waals surface area contributed by atoms with Crippen LogP contribution in [0.4, 0.5) is 4.39 Å². The number of hydrogen-bond acceptors (Lipinski definition) is 7. The summed E-state index contributed by atoms with van der Waals surface area (Å²) in [5, 5.41) is 7.85. The van der Waals surface area contributed by atoms with Crippen molar-refractivity contribution < 1.29 is 23.1 Å². The van der Waals surface area contributed by atoms with Crippen LogP contribution in [0.5, 0.6) is 0 Å². The third kappa shape index (κ3) is 4.65. The summed E-state index contributed by atoms with van der Waals surface area (Å²) in [6.07, 6.45) is 2.34. The zero-order chi connectivity index (χ0) is 19.2.